The maximum atomic E-state index is 10.6. The van der Waals surface area contributed by atoms with Gasteiger partial charge in [0.05, 0.1) is 12.7 Å². The third-order valence-electron chi connectivity index (χ3n) is 5.38. The van der Waals surface area contributed by atoms with Gasteiger partial charge in [0.1, 0.15) is 0 Å². The lowest BCUT2D eigenvalue weighted by Gasteiger charge is -2.26. The van der Waals surface area contributed by atoms with Crippen LogP contribution in [0.1, 0.15) is 56.6 Å². The van der Waals surface area contributed by atoms with Crippen molar-refractivity contribution in [1.29, 1.82) is 0 Å². The predicted molar refractivity (Wildman–Crippen MR) is 104 cm³/mol. The number of carbonyl (C=O) groups is 1. The molecule has 0 heterocycles. The fourth-order valence-electron chi connectivity index (χ4n) is 3.65. The third-order valence-corrected chi connectivity index (χ3v) is 5.88. The molecular weight excluding hydrogens is 352 g/mol. The summed E-state index contributed by atoms with van der Waals surface area (Å²) in [6.07, 6.45) is 5.30. The normalized spacial score (nSPS) is 26.5. The molecule has 1 aliphatic rings. The summed E-state index contributed by atoms with van der Waals surface area (Å²) in [5, 5.41) is 28.6. The fraction of sp³-hybridized carbons (Fsp3) is 0.571. The van der Waals surface area contributed by atoms with Crippen LogP contribution in [0, 0.1) is 5.92 Å². The van der Waals surface area contributed by atoms with E-state index in [-0.39, 0.29) is 35.7 Å². The number of alkyl halides is 1. The highest BCUT2D eigenvalue weighted by molar-refractivity contribution is 6.21. The summed E-state index contributed by atoms with van der Waals surface area (Å²) >= 11 is 6.49. The van der Waals surface area contributed by atoms with Gasteiger partial charge < -0.3 is 15.3 Å². The molecule has 0 unspecified atom stereocenters. The second-order valence-corrected chi connectivity index (χ2v) is 8.37. The molecule has 4 atom stereocenters. The average Bonchev–Trinajstić information content (AvgIpc) is 2.88. The van der Waals surface area contributed by atoms with Crippen LogP contribution in [0.15, 0.2) is 36.4 Å². The van der Waals surface area contributed by atoms with E-state index in [0.717, 1.165) is 17.5 Å². The summed E-state index contributed by atoms with van der Waals surface area (Å²) in [6.45, 7) is 4.06. The minimum absolute atomic E-state index is 0.0343. The number of allylic oxidation sites excluding steroid dienone is 2. The lowest BCUT2D eigenvalue weighted by molar-refractivity contribution is -0.136. The number of aliphatic hydroxyl groups excluding tert-OH is 2. The average molecular weight is 381 g/mol. The van der Waals surface area contributed by atoms with E-state index in [9.17, 15) is 15.0 Å². The van der Waals surface area contributed by atoms with Crippen LogP contribution in [-0.4, -0.2) is 39.4 Å². The molecule has 3 N–H and O–H groups in total. The van der Waals surface area contributed by atoms with Crippen molar-refractivity contribution in [2.45, 2.75) is 62.3 Å². The Kier molecular flexibility index (Phi) is 7.27. The number of hydrogen-bond acceptors (Lipinski definition) is 3. The van der Waals surface area contributed by atoms with Gasteiger partial charge in [-0.05, 0) is 36.3 Å². The Morgan fingerprint density at radius 2 is 1.92 bits per heavy atom. The summed E-state index contributed by atoms with van der Waals surface area (Å²) < 4.78 is 0. The lowest BCUT2D eigenvalue weighted by Crippen LogP contribution is -2.22. The monoisotopic (exact) mass is 380 g/mol. The van der Waals surface area contributed by atoms with Crippen molar-refractivity contribution in [3.63, 3.8) is 0 Å². The van der Waals surface area contributed by atoms with E-state index >= 15 is 0 Å². The van der Waals surface area contributed by atoms with Crippen LogP contribution in [0.5, 0.6) is 0 Å². The number of halogens is 1. The van der Waals surface area contributed by atoms with E-state index < -0.39 is 12.1 Å². The molecule has 0 spiro atoms. The zero-order chi connectivity index (χ0) is 19.3. The van der Waals surface area contributed by atoms with Crippen LogP contribution in [0.25, 0.3) is 0 Å². The van der Waals surface area contributed by atoms with Gasteiger partial charge in [0.2, 0.25) is 0 Å². The molecule has 0 radical (unpaired) electrons. The summed E-state index contributed by atoms with van der Waals surface area (Å²) in [6, 6.07) is 8.08. The van der Waals surface area contributed by atoms with Gasteiger partial charge in [0.25, 0.3) is 0 Å². The summed E-state index contributed by atoms with van der Waals surface area (Å²) in [4.78, 5) is 10.6. The van der Waals surface area contributed by atoms with Gasteiger partial charge in [-0.2, -0.15) is 0 Å². The molecule has 144 valence electrons. The van der Waals surface area contributed by atoms with Gasteiger partial charge in [-0.15, -0.1) is 11.6 Å². The van der Waals surface area contributed by atoms with Crippen LogP contribution in [0.4, 0.5) is 0 Å². The van der Waals surface area contributed by atoms with Crippen molar-refractivity contribution in [1.82, 2.24) is 0 Å². The Morgan fingerprint density at radius 3 is 2.50 bits per heavy atom. The largest absolute Gasteiger partial charge is 0.481 e. The first-order chi connectivity index (χ1) is 12.3. The molecule has 1 saturated carbocycles. The molecule has 0 saturated heterocycles. The zero-order valence-corrected chi connectivity index (χ0v) is 16.2. The minimum atomic E-state index is -0.801. The Balaban J connectivity index is 2.10. The van der Waals surface area contributed by atoms with Crippen LogP contribution in [0.3, 0.4) is 0 Å². The van der Waals surface area contributed by atoms with Crippen molar-refractivity contribution in [2.24, 2.45) is 5.92 Å². The van der Waals surface area contributed by atoms with Crippen LogP contribution >= 0.6 is 11.6 Å². The number of benzene rings is 1. The van der Waals surface area contributed by atoms with Crippen molar-refractivity contribution < 1.29 is 20.1 Å². The molecule has 1 aliphatic carbocycles. The molecule has 4 nitrogen and oxygen atoms in total. The number of rotatable bonds is 8. The predicted octanol–water partition coefficient (Wildman–Crippen LogP) is 3.84. The fourth-order valence-corrected chi connectivity index (χ4v) is 4.09. The molecule has 1 fully saturated rings. The third kappa shape index (κ3) is 5.09. The van der Waals surface area contributed by atoms with E-state index in [2.05, 4.69) is 0 Å². The first-order valence-corrected chi connectivity index (χ1v) is 9.60. The number of carboxylic acids is 1. The number of hydrogen-bond donors (Lipinski definition) is 3. The number of carboxylic acid groups (broad SMARTS) is 1. The van der Waals surface area contributed by atoms with E-state index in [1.54, 1.807) is 0 Å². The molecule has 0 aromatic heterocycles. The highest BCUT2D eigenvalue weighted by atomic mass is 35.5. The molecule has 1 aromatic rings. The van der Waals surface area contributed by atoms with E-state index in [0.29, 0.717) is 12.8 Å². The van der Waals surface area contributed by atoms with Crippen molar-refractivity contribution in [2.75, 3.05) is 6.61 Å². The number of aliphatic hydroxyl groups is 2. The van der Waals surface area contributed by atoms with E-state index in [1.165, 1.54) is 0 Å². The van der Waals surface area contributed by atoms with Crippen LogP contribution < -0.4 is 0 Å². The SMILES string of the molecule is CC(C)(CO)c1ccc([C@@H]2[C@@H](C/C=C\CCC(=O)O)[C@H](Cl)C[C@H]2O)cc1. The second kappa shape index (κ2) is 9.03. The molecule has 2 rings (SSSR count). The summed E-state index contributed by atoms with van der Waals surface area (Å²) in [5.41, 5.74) is 1.82. The lowest BCUT2D eigenvalue weighted by atomic mass is 9.81. The molecule has 0 aliphatic heterocycles. The highest BCUT2D eigenvalue weighted by Gasteiger charge is 2.41. The molecular formula is C21H29ClO4. The molecule has 5 heteroatoms. The Morgan fingerprint density at radius 1 is 1.27 bits per heavy atom. The van der Waals surface area contributed by atoms with Crippen LogP contribution in [0.2, 0.25) is 0 Å². The molecule has 0 amide bonds. The maximum absolute atomic E-state index is 10.6. The Hall–Kier alpha value is -1.36. The van der Waals surface area contributed by atoms with Crippen molar-refractivity contribution in [3.05, 3.63) is 47.5 Å². The summed E-state index contributed by atoms with van der Waals surface area (Å²) in [5.74, 6) is -0.720. The van der Waals surface area contributed by atoms with Gasteiger partial charge in [-0.25, -0.2) is 0 Å². The quantitative estimate of drug-likeness (QED) is 0.473. The maximum Gasteiger partial charge on any atom is 0.303 e. The smallest absolute Gasteiger partial charge is 0.303 e. The van der Waals surface area contributed by atoms with Gasteiger partial charge in [0, 0.05) is 23.1 Å². The minimum Gasteiger partial charge on any atom is -0.481 e. The van der Waals surface area contributed by atoms with E-state index in [1.807, 2.05) is 50.3 Å². The van der Waals surface area contributed by atoms with Gasteiger partial charge in [0.15, 0.2) is 0 Å². The standard InChI is InChI=1S/C21H29ClO4/c1-21(2,13-23)15-10-8-14(9-11-15)20-16(17(22)12-18(20)24)6-4-3-5-7-19(25)26/h3-4,8-11,16-18,20,23-24H,5-7,12-13H2,1-2H3,(H,25,26)/b4-3-/t16-,17+,18+,20+/m0/s1. The van der Waals surface area contributed by atoms with Crippen molar-refractivity contribution in [3.8, 4) is 0 Å². The molecule has 1 aromatic carbocycles. The summed E-state index contributed by atoms with van der Waals surface area (Å²) in [7, 11) is 0. The molecule has 0 bridgehead atoms. The van der Waals surface area contributed by atoms with E-state index in [4.69, 9.17) is 16.7 Å². The first kappa shape index (κ1) is 20.9. The van der Waals surface area contributed by atoms with Crippen LogP contribution in [-0.2, 0) is 10.2 Å². The van der Waals surface area contributed by atoms with Gasteiger partial charge >= 0.3 is 5.97 Å². The molecule has 26 heavy (non-hydrogen) atoms. The first-order valence-electron chi connectivity index (χ1n) is 9.16. The zero-order valence-electron chi connectivity index (χ0n) is 15.4. The van der Waals surface area contributed by atoms with Gasteiger partial charge in [-0.3, -0.25) is 4.79 Å². The number of aliphatic carboxylic acids is 1. The second-order valence-electron chi connectivity index (χ2n) is 7.81. The van der Waals surface area contributed by atoms with Gasteiger partial charge in [-0.1, -0.05) is 50.3 Å². The van der Waals surface area contributed by atoms with Crippen molar-refractivity contribution >= 4 is 17.6 Å². The Bertz CT molecular complexity index is 623. The topological polar surface area (TPSA) is 77.8 Å². The Labute approximate surface area is 160 Å². The highest BCUT2D eigenvalue weighted by Crippen LogP contribution is 2.45.